The van der Waals surface area contributed by atoms with Gasteiger partial charge in [0.1, 0.15) is 0 Å². The van der Waals surface area contributed by atoms with Crippen molar-refractivity contribution in [2.75, 3.05) is 13.2 Å². The number of hydrogen-bond acceptors (Lipinski definition) is 2. The average Bonchev–Trinajstić information content (AvgIpc) is 2.80. The molecule has 0 aliphatic carbocycles. The van der Waals surface area contributed by atoms with E-state index >= 15 is 0 Å². The zero-order chi connectivity index (χ0) is 16.0. The lowest BCUT2D eigenvalue weighted by molar-refractivity contribution is 0.0230. The maximum Gasteiger partial charge on any atom is 0.0618 e. The van der Waals surface area contributed by atoms with Crippen LogP contribution in [0.1, 0.15) is 36.8 Å². The quantitative estimate of drug-likeness (QED) is 0.901. The molecular formula is C21H27NO. The van der Waals surface area contributed by atoms with Crippen molar-refractivity contribution >= 4 is 0 Å². The van der Waals surface area contributed by atoms with Crippen molar-refractivity contribution in [3.05, 3.63) is 71.8 Å². The number of likely N-dealkylation sites (tertiary alicyclic amines) is 1. The molecule has 1 fully saturated rings. The van der Waals surface area contributed by atoms with Crippen LogP contribution in [0.5, 0.6) is 0 Å². The fourth-order valence-electron chi connectivity index (χ4n) is 3.79. The summed E-state index contributed by atoms with van der Waals surface area (Å²) in [5.41, 5.74) is 2.52. The molecule has 122 valence electrons. The third kappa shape index (κ3) is 4.01. The van der Waals surface area contributed by atoms with Crippen molar-refractivity contribution in [3.63, 3.8) is 0 Å². The molecule has 1 aliphatic rings. The molecule has 2 aromatic rings. The Morgan fingerprint density at radius 2 is 1.48 bits per heavy atom. The van der Waals surface area contributed by atoms with Crippen molar-refractivity contribution in [1.29, 1.82) is 0 Å². The van der Waals surface area contributed by atoms with E-state index in [2.05, 4.69) is 65.6 Å². The number of aliphatic hydroxyl groups is 1. The van der Waals surface area contributed by atoms with Gasteiger partial charge < -0.3 is 5.11 Å². The van der Waals surface area contributed by atoms with E-state index in [1.165, 1.54) is 30.4 Å². The van der Waals surface area contributed by atoms with E-state index in [0.29, 0.717) is 0 Å². The SMILES string of the molecule is OC[C@@]1(Cc2ccccc2)CCCCCN1Cc1ccccc1. The van der Waals surface area contributed by atoms with Gasteiger partial charge in [0.15, 0.2) is 0 Å². The Kier molecular flexibility index (Phi) is 5.47. The van der Waals surface area contributed by atoms with E-state index in [9.17, 15) is 5.11 Å². The van der Waals surface area contributed by atoms with Crippen molar-refractivity contribution in [1.82, 2.24) is 4.90 Å². The van der Waals surface area contributed by atoms with Crippen molar-refractivity contribution in [3.8, 4) is 0 Å². The first kappa shape index (κ1) is 16.2. The number of rotatable bonds is 5. The van der Waals surface area contributed by atoms with Gasteiger partial charge in [-0.2, -0.15) is 0 Å². The maximum atomic E-state index is 10.3. The van der Waals surface area contributed by atoms with Gasteiger partial charge in [0.05, 0.1) is 6.61 Å². The molecular weight excluding hydrogens is 282 g/mol. The highest BCUT2D eigenvalue weighted by Gasteiger charge is 2.37. The highest BCUT2D eigenvalue weighted by molar-refractivity contribution is 5.20. The molecule has 0 saturated carbocycles. The predicted octanol–water partition coefficient (Wildman–Crippen LogP) is 4.04. The highest BCUT2D eigenvalue weighted by Crippen LogP contribution is 2.32. The standard InChI is InChI=1S/C21H27NO/c23-18-21(16-19-10-4-1-5-11-19)14-8-3-9-15-22(21)17-20-12-6-2-7-13-20/h1-2,4-7,10-13,23H,3,8-9,14-18H2/t21-/m0/s1. The molecule has 0 unspecified atom stereocenters. The van der Waals surface area contributed by atoms with Gasteiger partial charge in [0.25, 0.3) is 0 Å². The summed E-state index contributed by atoms with van der Waals surface area (Å²) in [7, 11) is 0. The van der Waals surface area contributed by atoms with E-state index < -0.39 is 0 Å². The minimum Gasteiger partial charge on any atom is -0.394 e. The molecule has 2 aromatic carbocycles. The third-order valence-electron chi connectivity index (χ3n) is 5.13. The van der Waals surface area contributed by atoms with E-state index in [4.69, 9.17) is 0 Å². The summed E-state index contributed by atoms with van der Waals surface area (Å²) in [6.07, 6.45) is 5.70. The lowest BCUT2D eigenvalue weighted by Gasteiger charge is -2.42. The lowest BCUT2D eigenvalue weighted by Crippen LogP contribution is -2.52. The molecule has 0 amide bonds. The van der Waals surface area contributed by atoms with Crippen molar-refractivity contribution < 1.29 is 5.11 Å². The third-order valence-corrected chi connectivity index (χ3v) is 5.13. The lowest BCUT2D eigenvalue weighted by atomic mass is 9.85. The maximum absolute atomic E-state index is 10.3. The van der Waals surface area contributed by atoms with Crippen LogP contribution in [0.15, 0.2) is 60.7 Å². The number of aliphatic hydroxyl groups excluding tert-OH is 1. The molecule has 0 radical (unpaired) electrons. The van der Waals surface area contributed by atoms with E-state index in [-0.39, 0.29) is 12.1 Å². The minimum atomic E-state index is -0.131. The molecule has 1 aliphatic heterocycles. The van der Waals surface area contributed by atoms with Gasteiger partial charge in [-0.25, -0.2) is 0 Å². The number of nitrogens with zero attached hydrogens (tertiary/aromatic N) is 1. The Hall–Kier alpha value is -1.64. The average molecular weight is 309 g/mol. The number of benzene rings is 2. The molecule has 1 saturated heterocycles. The van der Waals surface area contributed by atoms with Crippen molar-refractivity contribution in [2.24, 2.45) is 0 Å². The minimum absolute atomic E-state index is 0.131. The second-order valence-corrected chi connectivity index (χ2v) is 6.76. The molecule has 1 N–H and O–H groups in total. The normalized spacial score (nSPS) is 22.7. The van der Waals surface area contributed by atoms with E-state index in [0.717, 1.165) is 25.9 Å². The molecule has 23 heavy (non-hydrogen) atoms. The second-order valence-electron chi connectivity index (χ2n) is 6.76. The molecule has 3 rings (SSSR count). The monoisotopic (exact) mass is 309 g/mol. The Balaban J connectivity index is 1.85. The van der Waals surface area contributed by atoms with Crippen LogP contribution < -0.4 is 0 Å². The topological polar surface area (TPSA) is 23.5 Å². The smallest absolute Gasteiger partial charge is 0.0618 e. The fourth-order valence-corrected chi connectivity index (χ4v) is 3.79. The van der Waals surface area contributed by atoms with Crippen molar-refractivity contribution in [2.45, 2.75) is 44.2 Å². The Morgan fingerprint density at radius 3 is 2.13 bits per heavy atom. The predicted molar refractivity (Wildman–Crippen MR) is 95.3 cm³/mol. The van der Waals surface area contributed by atoms with Crippen LogP contribution in [-0.4, -0.2) is 28.7 Å². The Morgan fingerprint density at radius 1 is 0.826 bits per heavy atom. The van der Waals surface area contributed by atoms with Crippen LogP contribution >= 0.6 is 0 Å². The largest absolute Gasteiger partial charge is 0.394 e. The molecule has 1 atom stereocenters. The van der Waals surface area contributed by atoms with E-state index in [1.807, 2.05) is 0 Å². The van der Waals surface area contributed by atoms with Crippen LogP contribution in [0.3, 0.4) is 0 Å². The zero-order valence-electron chi connectivity index (χ0n) is 13.8. The molecule has 2 heteroatoms. The van der Waals surface area contributed by atoms with Gasteiger partial charge in [-0.3, -0.25) is 4.90 Å². The van der Waals surface area contributed by atoms with Crippen LogP contribution in [0.2, 0.25) is 0 Å². The van der Waals surface area contributed by atoms with Gasteiger partial charge in [-0.05, 0) is 36.9 Å². The summed E-state index contributed by atoms with van der Waals surface area (Å²) in [6, 6.07) is 21.3. The Labute approximate surface area is 139 Å². The molecule has 0 bridgehead atoms. The summed E-state index contributed by atoms with van der Waals surface area (Å²) in [5.74, 6) is 0. The van der Waals surface area contributed by atoms with E-state index in [1.54, 1.807) is 0 Å². The fraction of sp³-hybridized carbons (Fsp3) is 0.429. The van der Waals surface area contributed by atoms with Gasteiger partial charge >= 0.3 is 0 Å². The molecule has 2 nitrogen and oxygen atoms in total. The van der Waals surface area contributed by atoms with Crippen LogP contribution in [0, 0.1) is 0 Å². The first-order chi connectivity index (χ1) is 11.3. The summed E-state index contributed by atoms with van der Waals surface area (Å²) in [5, 5.41) is 10.3. The van der Waals surface area contributed by atoms with Gasteiger partial charge in [-0.15, -0.1) is 0 Å². The van der Waals surface area contributed by atoms with Crippen LogP contribution in [0.25, 0.3) is 0 Å². The highest BCUT2D eigenvalue weighted by atomic mass is 16.3. The summed E-state index contributed by atoms with van der Waals surface area (Å²) in [4.78, 5) is 2.53. The van der Waals surface area contributed by atoms with Gasteiger partial charge in [-0.1, -0.05) is 73.5 Å². The summed E-state index contributed by atoms with van der Waals surface area (Å²) in [6.45, 7) is 2.23. The summed E-state index contributed by atoms with van der Waals surface area (Å²) < 4.78 is 0. The van der Waals surface area contributed by atoms with Gasteiger partial charge in [0, 0.05) is 12.1 Å². The zero-order valence-corrected chi connectivity index (χ0v) is 13.8. The summed E-state index contributed by atoms with van der Waals surface area (Å²) >= 11 is 0. The molecule has 0 aromatic heterocycles. The Bertz CT molecular complexity index is 583. The number of hydrogen-bond donors (Lipinski definition) is 1. The van der Waals surface area contributed by atoms with Gasteiger partial charge in [0.2, 0.25) is 0 Å². The second kappa shape index (κ2) is 7.76. The first-order valence-corrected chi connectivity index (χ1v) is 8.76. The first-order valence-electron chi connectivity index (χ1n) is 8.76. The molecule has 1 heterocycles. The van der Waals surface area contributed by atoms with Crippen LogP contribution in [0.4, 0.5) is 0 Å². The van der Waals surface area contributed by atoms with Crippen LogP contribution in [-0.2, 0) is 13.0 Å². The molecule has 0 spiro atoms.